The highest BCUT2D eigenvalue weighted by Crippen LogP contribution is 2.38. The lowest BCUT2D eigenvalue weighted by Gasteiger charge is -2.27. The maximum atomic E-state index is 11.6. The third-order valence-electron chi connectivity index (χ3n) is 3.50. The van der Waals surface area contributed by atoms with E-state index in [-0.39, 0.29) is 11.1 Å². The molecule has 0 radical (unpaired) electrons. The smallest absolute Gasteiger partial charge is 0.278 e. The molecule has 4 atom stereocenters. The van der Waals surface area contributed by atoms with Crippen LogP contribution >= 0.6 is 0 Å². The molecule has 0 unspecified atom stereocenters. The zero-order chi connectivity index (χ0) is 13.8. The second-order valence-electron chi connectivity index (χ2n) is 4.92. The molecule has 0 bridgehead atoms. The van der Waals surface area contributed by atoms with Gasteiger partial charge in [0, 0.05) is 0 Å². The van der Waals surface area contributed by atoms with Gasteiger partial charge in [-0.2, -0.15) is 0 Å². The van der Waals surface area contributed by atoms with E-state index in [1.807, 2.05) is 0 Å². The number of aromatic amines is 1. The van der Waals surface area contributed by atoms with E-state index in [2.05, 4.69) is 15.0 Å². The first-order chi connectivity index (χ1) is 8.93. The van der Waals surface area contributed by atoms with Crippen molar-refractivity contribution in [1.82, 2.24) is 19.5 Å². The molecule has 0 aromatic carbocycles. The minimum Gasteiger partial charge on any atom is -0.387 e. The minimum absolute atomic E-state index is 0.163. The van der Waals surface area contributed by atoms with Crippen LogP contribution in [0.15, 0.2) is 17.4 Å². The number of ether oxygens (including phenoxy) is 1. The SMILES string of the molecule is C[C@@H]1O[C@@H](n2cnc3c(=O)[nH]cnc32)[C@](C)(O)[C@@H]1O. The molecule has 3 N–H and O–H groups in total. The van der Waals surface area contributed by atoms with E-state index in [1.165, 1.54) is 24.1 Å². The van der Waals surface area contributed by atoms with Gasteiger partial charge < -0.3 is 19.9 Å². The van der Waals surface area contributed by atoms with Crippen molar-refractivity contribution < 1.29 is 14.9 Å². The van der Waals surface area contributed by atoms with Crippen LogP contribution in [-0.4, -0.2) is 47.5 Å². The molecule has 8 nitrogen and oxygen atoms in total. The summed E-state index contributed by atoms with van der Waals surface area (Å²) in [6, 6.07) is 0. The van der Waals surface area contributed by atoms with E-state index < -0.39 is 24.0 Å². The van der Waals surface area contributed by atoms with Crippen LogP contribution in [0, 0.1) is 0 Å². The molecule has 0 aliphatic carbocycles. The second-order valence-corrected chi connectivity index (χ2v) is 4.92. The number of imidazole rings is 1. The van der Waals surface area contributed by atoms with Gasteiger partial charge in [0.05, 0.1) is 18.8 Å². The van der Waals surface area contributed by atoms with E-state index >= 15 is 0 Å². The van der Waals surface area contributed by atoms with Crippen LogP contribution in [0.5, 0.6) is 0 Å². The van der Waals surface area contributed by atoms with Crippen molar-refractivity contribution in [2.75, 3.05) is 0 Å². The van der Waals surface area contributed by atoms with Gasteiger partial charge >= 0.3 is 0 Å². The monoisotopic (exact) mass is 266 g/mol. The first kappa shape index (κ1) is 12.3. The van der Waals surface area contributed by atoms with Crippen LogP contribution < -0.4 is 5.56 Å². The summed E-state index contributed by atoms with van der Waals surface area (Å²) in [5.41, 5.74) is -1.39. The fraction of sp³-hybridized carbons (Fsp3) is 0.545. The predicted octanol–water partition coefficient (Wildman–Crippen LogP) is -0.851. The summed E-state index contributed by atoms with van der Waals surface area (Å²) in [7, 11) is 0. The number of aliphatic hydroxyl groups excluding tert-OH is 1. The number of hydrogen-bond acceptors (Lipinski definition) is 6. The number of H-pyrrole nitrogens is 1. The average Bonchev–Trinajstić information content (AvgIpc) is 2.86. The van der Waals surface area contributed by atoms with Gasteiger partial charge in [0.2, 0.25) is 0 Å². The average molecular weight is 266 g/mol. The summed E-state index contributed by atoms with van der Waals surface area (Å²) in [4.78, 5) is 22.0. The van der Waals surface area contributed by atoms with Crippen molar-refractivity contribution in [1.29, 1.82) is 0 Å². The van der Waals surface area contributed by atoms with Gasteiger partial charge in [0.1, 0.15) is 11.7 Å². The lowest BCUT2D eigenvalue weighted by molar-refractivity contribution is -0.0936. The van der Waals surface area contributed by atoms with E-state index in [9.17, 15) is 15.0 Å². The Hall–Kier alpha value is -1.77. The fourth-order valence-electron chi connectivity index (χ4n) is 2.42. The highest BCUT2D eigenvalue weighted by atomic mass is 16.6. The van der Waals surface area contributed by atoms with Crippen LogP contribution in [0.4, 0.5) is 0 Å². The number of aromatic nitrogens is 4. The molecule has 0 amide bonds. The summed E-state index contributed by atoms with van der Waals surface area (Å²) in [5, 5.41) is 20.3. The topological polar surface area (TPSA) is 113 Å². The Kier molecular flexibility index (Phi) is 2.49. The van der Waals surface area contributed by atoms with Crippen molar-refractivity contribution in [2.45, 2.75) is 37.9 Å². The minimum atomic E-state index is -1.49. The third kappa shape index (κ3) is 1.61. The van der Waals surface area contributed by atoms with Crippen LogP contribution in [0.2, 0.25) is 0 Å². The zero-order valence-electron chi connectivity index (χ0n) is 10.4. The first-order valence-corrected chi connectivity index (χ1v) is 5.89. The summed E-state index contributed by atoms with van der Waals surface area (Å²) in [5.74, 6) is 0. The maximum absolute atomic E-state index is 11.6. The molecule has 1 fully saturated rings. The molecule has 102 valence electrons. The molecule has 1 aliphatic rings. The Morgan fingerprint density at radius 1 is 1.53 bits per heavy atom. The highest BCUT2D eigenvalue weighted by Gasteiger charge is 2.51. The van der Waals surface area contributed by atoms with Crippen molar-refractivity contribution in [3.8, 4) is 0 Å². The highest BCUT2D eigenvalue weighted by molar-refractivity contribution is 5.68. The van der Waals surface area contributed by atoms with E-state index in [0.717, 1.165) is 0 Å². The van der Waals surface area contributed by atoms with Gasteiger partial charge in [0.15, 0.2) is 17.4 Å². The standard InChI is InChI=1S/C11H14N4O4/c1-5-7(16)11(2,18)10(19-5)15-4-14-6-8(15)12-3-13-9(6)17/h3-5,7,10,16,18H,1-2H3,(H,12,13,17)/t5-,7+,10+,11+/m0/s1. The van der Waals surface area contributed by atoms with Gasteiger partial charge in [-0.05, 0) is 13.8 Å². The Morgan fingerprint density at radius 3 is 2.89 bits per heavy atom. The van der Waals surface area contributed by atoms with Crippen molar-refractivity contribution in [3.05, 3.63) is 23.0 Å². The third-order valence-corrected chi connectivity index (χ3v) is 3.50. The molecule has 1 saturated heterocycles. The summed E-state index contributed by atoms with van der Waals surface area (Å²) < 4.78 is 7.01. The lowest BCUT2D eigenvalue weighted by atomic mass is 9.97. The molecule has 3 rings (SSSR count). The molecule has 19 heavy (non-hydrogen) atoms. The van der Waals surface area contributed by atoms with Crippen LogP contribution in [0.1, 0.15) is 20.1 Å². The normalized spacial score (nSPS) is 35.1. The number of nitrogens with zero attached hydrogens (tertiary/aromatic N) is 3. The Labute approximate surface area is 107 Å². The molecule has 0 saturated carbocycles. The van der Waals surface area contributed by atoms with E-state index in [0.29, 0.717) is 5.65 Å². The van der Waals surface area contributed by atoms with Gasteiger partial charge in [0.25, 0.3) is 5.56 Å². The van der Waals surface area contributed by atoms with E-state index in [1.54, 1.807) is 6.92 Å². The van der Waals surface area contributed by atoms with Crippen LogP contribution in [0.3, 0.4) is 0 Å². The van der Waals surface area contributed by atoms with Gasteiger partial charge in [-0.3, -0.25) is 9.36 Å². The molecule has 1 aliphatic heterocycles. The second kappa shape index (κ2) is 3.86. The summed E-state index contributed by atoms with van der Waals surface area (Å²) in [6.45, 7) is 3.14. The number of nitrogens with one attached hydrogen (secondary N) is 1. The summed E-state index contributed by atoms with van der Waals surface area (Å²) >= 11 is 0. The van der Waals surface area contributed by atoms with Crippen molar-refractivity contribution in [3.63, 3.8) is 0 Å². The fourth-order valence-corrected chi connectivity index (χ4v) is 2.42. The number of hydrogen-bond donors (Lipinski definition) is 3. The van der Waals surface area contributed by atoms with Gasteiger partial charge in [-0.25, -0.2) is 9.97 Å². The molecular formula is C11H14N4O4. The molecule has 2 aromatic heterocycles. The Bertz CT molecular complexity index is 677. The van der Waals surface area contributed by atoms with Gasteiger partial charge in [-0.15, -0.1) is 0 Å². The quantitative estimate of drug-likeness (QED) is 0.619. The van der Waals surface area contributed by atoms with Gasteiger partial charge in [-0.1, -0.05) is 0 Å². The van der Waals surface area contributed by atoms with Crippen molar-refractivity contribution >= 4 is 11.2 Å². The van der Waals surface area contributed by atoms with Crippen LogP contribution in [0.25, 0.3) is 11.2 Å². The number of aliphatic hydroxyl groups is 2. The molecular weight excluding hydrogens is 252 g/mol. The van der Waals surface area contributed by atoms with Crippen molar-refractivity contribution in [2.24, 2.45) is 0 Å². The molecule has 2 aromatic rings. The number of rotatable bonds is 1. The Morgan fingerprint density at radius 2 is 2.26 bits per heavy atom. The van der Waals surface area contributed by atoms with E-state index in [4.69, 9.17) is 4.74 Å². The lowest BCUT2D eigenvalue weighted by Crippen LogP contribution is -2.43. The molecule has 8 heteroatoms. The molecule has 3 heterocycles. The van der Waals surface area contributed by atoms with Crippen LogP contribution in [-0.2, 0) is 4.74 Å². The largest absolute Gasteiger partial charge is 0.387 e. The molecule has 0 spiro atoms. The summed E-state index contributed by atoms with van der Waals surface area (Å²) in [6.07, 6.45) is 0.219. The predicted molar refractivity (Wildman–Crippen MR) is 64.4 cm³/mol. The Balaban J connectivity index is 2.16. The maximum Gasteiger partial charge on any atom is 0.278 e. The zero-order valence-corrected chi connectivity index (χ0v) is 10.4. The number of fused-ring (bicyclic) bond motifs is 1. The first-order valence-electron chi connectivity index (χ1n) is 5.89.